The second kappa shape index (κ2) is 4.61. The van der Waals surface area contributed by atoms with Crippen LogP contribution < -0.4 is 5.73 Å². The fourth-order valence-corrected chi connectivity index (χ4v) is 2.27. The third kappa shape index (κ3) is 2.16. The molecule has 14 heavy (non-hydrogen) atoms. The molecule has 1 saturated carbocycles. The van der Waals surface area contributed by atoms with Crippen molar-refractivity contribution < 1.29 is 0 Å². The maximum Gasteiger partial charge on any atom is -0.00430 e. The smallest absolute Gasteiger partial charge is 0.00430 e. The molecule has 0 amide bonds. The molecule has 0 bridgehead atoms. The third-order valence-corrected chi connectivity index (χ3v) is 3.46. The summed E-state index contributed by atoms with van der Waals surface area (Å²) in [5, 5.41) is 0. The second-order valence-corrected chi connectivity index (χ2v) is 4.38. The average molecular weight is 189 g/mol. The maximum atomic E-state index is 5.83. The Morgan fingerprint density at radius 2 is 1.93 bits per heavy atom. The van der Waals surface area contributed by atoms with Gasteiger partial charge >= 0.3 is 0 Å². The van der Waals surface area contributed by atoms with Gasteiger partial charge in [0.2, 0.25) is 0 Å². The zero-order valence-corrected chi connectivity index (χ0v) is 8.65. The number of benzene rings is 1. The first-order chi connectivity index (χ1) is 6.90. The van der Waals surface area contributed by atoms with E-state index in [1.54, 1.807) is 0 Å². The standard InChI is InChI=1S/C13H19N/c14-10-13(12-7-4-8-12)9-11-5-2-1-3-6-11/h1-3,5-6,12-13H,4,7-10,14H2. The molecule has 0 saturated heterocycles. The van der Waals surface area contributed by atoms with Crippen LogP contribution in [0.15, 0.2) is 30.3 Å². The van der Waals surface area contributed by atoms with Crippen LogP contribution in [0.5, 0.6) is 0 Å². The topological polar surface area (TPSA) is 26.0 Å². The molecule has 76 valence electrons. The molecular formula is C13H19N. The van der Waals surface area contributed by atoms with E-state index in [2.05, 4.69) is 30.3 Å². The van der Waals surface area contributed by atoms with Gasteiger partial charge in [-0.15, -0.1) is 0 Å². The van der Waals surface area contributed by atoms with E-state index in [4.69, 9.17) is 5.73 Å². The van der Waals surface area contributed by atoms with Crippen molar-refractivity contribution in [3.05, 3.63) is 35.9 Å². The van der Waals surface area contributed by atoms with Crippen molar-refractivity contribution in [2.45, 2.75) is 25.7 Å². The molecule has 0 aromatic heterocycles. The normalized spacial score (nSPS) is 18.9. The van der Waals surface area contributed by atoms with E-state index < -0.39 is 0 Å². The summed E-state index contributed by atoms with van der Waals surface area (Å²) in [4.78, 5) is 0. The Kier molecular flexibility index (Phi) is 3.20. The van der Waals surface area contributed by atoms with E-state index in [1.807, 2.05) is 0 Å². The van der Waals surface area contributed by atoms with Crippen molar-refractivity contribution in [2.75, 3.05) is 6.54 Å². The van der Waals surface area contributed by atoms with Crippen LogP contribution in [0.4, 0.5) is 0 Å². The van der Waals surface area contributed by atoms with Crippen LogP contribution in [-0.2, 0) is 6.42 Å². The highest BCUT2D eigenvalue weighted by molar-refractivity contribution is 5.15. The predicted octanol–water partition coefficient (Wildman–Crippen LogP) is 2.60. The summed E-state index contributed by atoms with van der Waals surface area (Å²) in [5.41, 5.74) is 7.27. The van der Waals surface area contributed by atoms with Gasteiger partial charge in [-0.3, -0.25) is 0 Å². The first-order valence-electron chi connectivity index (χ1n) is 5.64. The largest absolute Gasteiger partial charge is 0.330 e. The average Bonchev–Trinajstić information content (AvgIpc) is 2.15. The summed E-state index contributed by atoms with van der Waals surface area (Å²) in [6, 6.07) is 10.7. The van der Waals surface area contributed by atoms with E-state index in [0.29, 0.717) is 5.92 Å². The summed E-state index contributed by atoms with van der Waals surface area (Å²) >= 11 is 0. The molecule has 1 fully saturated rings. The molecule has 1 aromatic carbocycles. The maximum absolute atomic E-state index is 5.83. The lowest BCUT2D eigenvalue weighted by Gasteiger charge is -2.33. The number of rotatable bonds is 4. The van der Waals surface area contributed by atoms with Gasteiger partial charge in [0.05, 0.1) is 0 Å². The Bertz CT molecular complexity index is 264. The molecule has 1 atom stereocenters. The molecule has 1 unspecified atom stereocenters. The van der Waals surface area contributed by atoms with Crippen LogP contribution in [0.25, 0.3) is 0 Å². The Hall–Kier alpha value is -0.820. The van der Waals surface area contributed by atoms with Gasteiger partial charge < -0.3 is 5.73 Å². The van der Waals surface area contributed by atoms with Crippen molar-refractivity contribution >= 4 is 0 Å². The van der Waals surface area contributed by atoms with Crippen LogP contribution in [0.2, 0.25) is 0 Å². The van der Waals surface area contributed by atoms with E-state index >= 15 is 0 Å². The Morgan fingerprint density at radius 1 is 1.21 bits per heavy atom. The molecule has 1 nitrogen and oxygen atoms in total. The molecule has 0 radical (unpaired) electrons. The summed E-state index contributed by atoms with van der Waals surface area (Å²) in [6.45, 7) is 0.847. The Morgan fingerprint density at radius 3 is 2.43 bits per heavy atom. The van der Waals surface area contributed by atoms with E-state index in [-0.39, 0.29) is 0 Å². The molecule has 2 rings (SSSR count). The summed E-state index contributed by atoms with van der Waals surface area (Å²) in [6.07, 6.45) is 5.38. The van der Waals surface area contributed by atoms with Gasteiger partial charge in [0.1, 0.15) is 0 Å². The highest BCUT2D eigenvalue weighted by Crippen LogP contribution is 2.34. The quantitative estimate of drug-likeness (QED) is 0.774. The molecule has 1 aliphatic rings. The molecule has 0 aliphatic heterocycles. The highest BCUT2D eigenvalue weighted by atomic mass is 14.6. The SMILES string of the molecule is NCC(Cc1ccccc1)C1CCC1. The van der Waals surface area contributed by atoms with Crippen molar-refractivity contribution in [3.63, 3.8) is 0 Å². The fraction of sp³-hybridized carbons (Fsp3) is 0.538. The fourth-order valence-electron chi connectivity index (χ4n) is 2.27. The van der Waals surface area contributed by atoms with Crippen molar-refractivity contribution in [2.24, 2.45) is 17.6 Å². The van der Waals surface area contributed by atoms with Crippen LogP contribution >= 0.6 is 0 Å². The molecule has 0 heterocycles. The minimum Gasteiger partial charge on any atom is -0.330 e. The molecule has 1 aliphatic carbocycles. The van der Waals surface area contributed by atoms with Gasteiger partial charge in [0.25, 0.3) is 0 Å². The molecular weight excluding hydrogens is 170 g/mol. The first kappa shape index (κ1) is 9.72. The minimum atomic E-state index is 0.714. The third-order valence-electron chi connectivity index (χ3n) is 3.46. The minimum absolute atomic E-state index is 0.714. The van der Waals surface area contributed by atoms with Crippen molar-refractivity contribution in [3.8, 4) is 0 Å². The molecule has 0 spiro atoms. The molecule has 1 aromatic rings. The van der Waals surface area contributed by atoms with Gasteiger partial charge in [-0.25, -0.2) is 0 Å². The lowest BCUT2D eigenvalue weighted by molar-refractivity contribution is 0.209. The zero-order valence-electron chi connectivity index (χ0n) is 8.65. The summed E-state index contributed by atoms with van der Waals surface area (Å²) in [5.74, 6) is 1.62. The number of hydrogen-bond acceptors (Lipinski definition) is 1. The van der Waals surface area contributed by atoms with Crippen LogP contribution in [0.3, 0.4) is 0 Å². The zero-order chi connectivity index (χ0) is 9.80. The number of hydrogen-bond donors (Lipinski definition) is 1. The summed E-state index contributed by atoms with van der Waals surface area (Å²) < 4.78 is 0. The van der Waals surface area contributed by atoms with E-state index in [0.717, 1.165) is 12.5 Å². The van der Waals surface area contributed by atoms with Gasteiger partial charge in [0.15, 0.2) is 0 Å². The lowest BCUT2D eigenvalue weighted by Crippen LogP contribution is -2.30. The van der Waals surface area contributed by atoms with E-state index in [1.165, 1.54) is 31.2 Å². The van der Waals surface area contributed by atoms with Gasteiger partial charge in [-0.2, -0.15) is 0 Å². The summed E-state index contributed by atoms with van der Waals surface area (Å²) in [7, 11) is 0. The predicted molar refractivity (Wildman–Crippen MR) is 60.0 cm³/mol. The molecule has 2 N–H and O–H groups in total. The second-order valence-electron chi connectivity index (χ2n) is 4.38. The Labute approximate surface area is 86.3 Å². The van der Waals surface area contributed by atoms with Crippen molar-refractivity contribution in [1.82, 2.24) is 0 Å². The van der Waals surface area contributed by atoms with Crippen LogP contribution in [0.1, 0.15) is 24.8 Å². The lowest BCUT2D eigenvalue weighted by atomic mass is 9.73. The number of nitrogens with two attached hydrogens (primary N) is 1. The van der Waals surface area contributed by atoms with Gasteiger partial charge in [-0.1, -0.05) is 49.6 Å². The van der Waals surface area contributed by atoms with Gasteiger partial charge in [-0.05, 0) is 30.4 Å². The van der Waals surface area contributed by atoms with Crippen LogP contribution in [-0.4, -0.2) is 6.54 Å². The molecule has 1 heteroatoms. The van der Waals surface area contributed by atoms with E-state index in [9.17, 15) is 0 Å². The van der Waals surface area contributed by atoms with Gasteiger partial charge in [0, 0.05) is 0 Å². The monoisotopic (exact) mass is 189 g/mol. The van der Waals surface area contributed by atoms with Crippen molar-refractivity contribution in [1.29, 1.82) is 0 Å². The highest BCUT2D eigenvalue weighted by Gasteiger charge is 2.25. The Balaban J connectivity index is 1.94. The van der Waals surface area contributed by atoms with Crippen LogP contribution in [0, 0.1) is 11.8 Å². The first-order valence-corrected chi connectivity index (χ1v) is 5.64.